The summed E-state index contributed by atoms with van der Waals surface area (Å²) >= 11 is 0. The van der Waals surface area contributed by atoms with E-state index in [1.807, 2.05) is 6.92 Å². The van der Waals surface area contributed by atoms with Crippen LogP contribution in [0.3, 0.4) is 0 Å². The molecule has 0 spiro atoms. The predicted octanol–water partition coefficient (Wildman–Crippen LogP) is 4.49. The number of hydrogen-bond donors (Lipinski definition) is 0. The van der Waals surface area contributed by atoms with Crippen LogP contribution in [0.1, 0.15) is 6.92 Å². The summed E-state index contributed by atoms with van der Waals surface area (Å²) in [6, 6.07) is 0. The molecule has 13 heteroatoms. The highest BCUT2D eigenvalue weighted by Gasteiger charge is 2.42. The lowest BCUT2D eigenvalue weighted by molar-refractivity contribution is -0.148. The van der Waals surface area contributed by atoms with Crippen LogP contribution in [0.2, 0.25) is 0 Å². The second-order valence-corrected chi connectivity index (χ2v) is 19.2. The molecule has 0 N–H and O–H groups in total. The molecule has 1 aliphatic heterocycles. The largest absolute Gasteiger partial charge is 0.373 e. The van der Waals surface area contributed by atoms with Crippen molar-refractivity contribution >= 4 is 76.1 Å². The number of hydrogen-bond acceptors (Lipinski definition) is 4. The molecule has 0 radical (unpaired) electrons. The van der Waals surface area contributed by atoms with Crippen LogP contribution in [0.4, 0.5) is 0 Å². The van der Waals surface area contributed by atoms with Crippen LogP contribution in [0.5, 0.6) is 0 Å². The molecule has 1 rings (SSSR count). The Morgan fingerprint density at radius 2 is 1.84 bits per heavy atom. The van der Waals surface area contributed by atoms with Crippen molar-refractivity contribution in [3.8, 4) is 0 Å². The van der Waals surface area contributed by atoms with Gasteiger partial charge in [0.15, 0.2) is 0 Å². The van der Waals surface area contributed by atoms with Gasteiger partial charge in [0, 0.05) is 8.50 Å². The van der Waals surface area contributed by atoms with Crippen molar-refractivity contribution in [3.63, 3.8) is 0 Å². The Balaban J connectivity index is 2.76. The van der Waals surface area contributed by atoms with E-state index < -0.39 is 15.1 Å². The first-order valence-electron chi connectivity index (χ1n) is 5.36. The Morgan fingerprint density at radius 1 is 1.16 bits per heavy atom. The van der Waals surface area contributed by atoms with Crippen LogP contribution in [-0.2, 0) is 18.3 Å². The molecule has 4 nitrogen and oxygen atoms in total. The molecule has 1 heterocycles. The Bertz CT molecular complexity index is 259. The molecule has 1 fully saturated rings. The lowest BCUT2D eigenvalue weighted by Crippen LogP contribution is -2.53. The predicted molar refractivity (Wildman–Crippen MR) is 109 cm³/mol. The van der Waals surface area contributed by atoms with Gasteiger partial charge in [0.25, 0.3) is 0 Å². The van der Waals surface area contributed by atoms with Gasteiger partial charge in [0.05, 0.1) is 27.8 Å². The van der Waals surface area contributed by atoms with Gasteiger partial charge in [0.1, 0.15) is 18.3 Å². The molecular weight excluding hydrogens is 415 g/mol. The molecule has 0 aromatic rings. The zero-order valence-corrected chi connectivity index (χ0v) is 20.0. The van der Waals surface area contributed by atoms with Crippen LogP contribution >= 0.6 is 76.1 Å². The van der Waals surface area contributed by atoms with Gasteiger partial charge in [-0.15, -0.1) is 8.93 Å². The second-order valence-electron chi connectivity index (χ2n) is 3.77. The molecule has 19 heavy (non-hydrogen) atoms. The molecule has 0 amide bonds. The van der Waals surface area contributed by atoms with E-state index in [0.29, 0.717) is 23.1 Å². The SMILES string of the molecule is CC1OCC(OP(P)PP)C(OP(P)P)C1OPP. The first-order chi connectivity index (χ1) is 8.99. The second kappa shape index (κ2) is 11.3. The van der Waals surface area contributed by atoms with Crippen LogP contribution in [-0.4, -0.2) is 31.0 Å². The fourth-order valence-electron chi connectivity index (χ4n) is 1.69. The van der Waals surface area contributed by atoms with Gasteiger partial charge in [-0.25, -0.2) is 0 Å². The van der Waals surface area contributed by atoms with E-state index in [1.165, 1.54) is 0 Å². The molecule has 12 unspecified atom stereocenters. The third-order valence-corrected chi connectivity index (χ3v) is 13.0. The van der Waals surface area contributed by atoms with Crippen LogP contribution in [0, 0.1) is 0 Å². The standard InChI is InChI=1S/C6H21O4P9/c1-3-5(8-16-11)6(10-18(13)14)4(2-7-3)9-19(15)17-12/h3-6,16-17H,2,11-15H2,1H3. The van der Waals surface area contributed by atoms with E-state index in [-0.39, 0.29) is 24.4 Å². The summed E-state index contributed by atoms with van der Waals surface area (Å²) in [6.07, 6.45) is -0.200. The lowest BCUT2D eigenvalue weighted by Gasteiger charge is -2.41. The first kappa shape index (κ1) is 20.8. The van der Waals surface area contributed by atoms with Crippen molar-refractivity contribution in [1.82, 2.24) is 0 Å². The van der Waals surface area contributed by atoms with Crippen molar-refractivity contribution in [1.29, 1.82) is 0 Å². The molecule has 0 bridgehead atoms. The minimum absolute atomic E-state index is 0.0250. The molecule has 114 valence electrons. The molecule has 1 aliphatic rings. The van der Waals surface area contributed by atoms with Gasteiger partial charge >= 0.3 is 0 Å². The van der Waals surface area contributed by atoms with Gasteiger partial charge < -0.3 is 18.3 Å². The Hall–Kier alpha value is 3.71. The summed E-state index contributed by atoms with van der Waals surface area (Å²) < 4.78 is 23.7. The van der Waals surface area contributed by atoms with E-state index in [9.17, 15) is 0 Å². The third-order valence-electron chi connectivity index (χ3n) is 2.50. The van der Waals surface area contributed by atoms with E-state index >= 15 is 0 Å². The van der Waals surface area contributed by atoms with Gasteiger partial charge in [0.2, 0.25) is 0 Å². The van der Waals surface area contributed by atoms with Crippen LogP contribution in [0.25, 0.3) is 0 Å². The minimum Gasteiger partial charge on any atom is -0.373 e. The molecule has 0 aliphatic carbocycles. The zero-order chi connectivity index (χ0) is 14.4. The van der Waals surface area contributed by atoms with Gasteiger partial charge in [-0.1, -0.05) is 35.7 Å². The summed E-state index contributed by atoms with van der Waals surface area (Å²) in [5.41, 5.74) is 0. The lowest BCUT2D eigenvalue weighted by atomic mass is 10.0. The molecule has 0 aromatic carbocycles. The van der Waals surface area contributed by atoms with Crippen LogP contribution < -0.4 is 0 Å². The van der Waals surface area contributed by atoms with Crippen molar-refractivity contribution in [2.75, 3.05) is 6.61 Å². The summed E-state index contributed by atoms with van der Waals surface area (Å²) in [5, 5.41) is 0. The van der Waals surface area contributed by atoms with E-state index in [1.54, 1.807) is 0 Å². The van der Waals surface area contributed by atoms with Gasteiger partial charge in [-0.3, -0.25) is 0 Å². The number of rotatable bonds is 7. The van der Waals surface area contributed by atoms with Crippen molar-refractivity contribution in [2.24, 2.45) is 0 Å². The maximum atomic E-state index is 6.06. The first-order valence-corrected chi connectivity index (χ1v) is 19.1. The summed E-state index contributed by atoms with van der Waals surface area (Å²) in [5.74, 6) is 0. The molecule has 0 saturated carbocycles. The number of ether oxygens (including phenoxy) is 1. The van der Waals surface area contributed by atoms with Gasteiger partial charge in [-0.05, 0) is 14.9 Å². The highest BCUT2D eigenvalue weighted by atomic mass is 32.6. The van der Waals surface area contributed by atoms with Crippen molar-refractivity contribution < 1.29 is 18.3 Å². The minimum atomic E-state index is -0.624. The normalized spacial score (nSPS) is 34.9. The average Bonchev–Trinajstić information content (AvgIpc) is 2.36. The maximum absolute atomic E-state index is 6.06. The van der Waals surface area contributed by atoms with Crippen molar-refractivity contribution in [3.05, 3.63) is 0 Å². The zero-order valence-electron chi connectivity index (χ0n) is 10.4. The molecular formula is C6H21O4P9. The fraction of sp³-hybridized carbons (Fsp3) is 1.00. The Kier molecular flexibility index (Phi) is 12.3. The maximum Gasteiger partial charge on any atom is 0.120 e. The summed E-state index contributed by atoms with van der Waals surface area (Å²) in [7, 11) is 13.4. The monoisotopic (exact) mass is 436 g/mol. The quantitative estimate of drug-likeness (QED) is 0.552. The summed E-state index contributed by atoms with van der Waals surface area (Å²) in [4.78, 5) is 0. The van der Waals surface area contributed by atoms with Gasteiger partial charge in [-0.2, -0.15) is 0 Å². The smallest absolute Gasteiger partial charge is 0.120 e. The highest BCUT2D eigenvalue weighted by Crippen LogP contribution is 2.68. The van der Waals surface area contributed by atoms with E-state index in [4.69, 9.17) is 18.3 Å². The highest BCUT2D eigenvalue weighted by molar-refractivity contribution is 8.59. The van der Waals surface area contributed by atoms with Crippen molar-refractivity contribution in [2.45, 2.75) is 31.3 Å². The third kappa shape index (κ3) is 7.42. The Morgan fingerprint density at radius 3 is 2.37 bits per heavy atom. The molecule has 12 atom stereocenters. The average molecular weight is 436 g/mol. The molecule has 1 saturated heterocycles. The van der Waals surface area contributed by atoms with E-state index in [2.05, 4.69) is 44.6 Å². The summed E-state index contributed by atoms with van der Waals surface area (Å²) in [6.45, 7) is 2.59. The molecule has 0 aromatic heterocycles. The topological polar surface area (TPSA) is 36.9 Å². The van der Waals surface area contributed by atoms with Crippen LogP contribution in [0.15, 0.2) is 0 Å². The van der Waals surface area contributed by atoms with E-state index in [0.717, 1.165) is 0 Å². The fourth-order valence-corrected chi connectivity index (χ4v) is 6.16. The Labute approximate surface area is 132 Å².